The molecule has 1 aliphatic heterocycles. The van der Waals surface area contributed by atoms with Crippen molar-refractivity contribution in [3.05, 3.63) is 0 Å². The molecule has 0 aliphatic carbocycles. The van der Waals surface area contributed by atoms with Crippen molar-refractivity contribution in [1.29, 1.82) is 0 Å². The standard InChI is InChI=1S/C9H14F3NO3/c10-9(11,12)8(16)13-3-1-6(2-4-13)7(15)5-14/h6-7,14-15H,1-5H2. The molecule has 0 aromatic rings. The summed E-state index contributed by atoms with van der Waals surface area (Å²) < 4.78 is 36.2. The van der Waals surface area contributed by atoms with Gasteiger partial charge in [-0.05, 0) is 18.8 Å². The van der Waals surface area contributed by atoms with Gasteiger partial charge in [0.15, 0.2) is 0 Å². The Kier molecular flexibility index (Phi) is 4.15. The third-order valence-electron chi connectivity index (χ3n) is 2.80. The van der Waals surface area contributed by atoms with E-state index in [9.17, 15) is 23.1 Å². The molecule has 0 aromatic heterocycles. The zero-order valence-electron chi connectivity index (χ0n) is 8.57. The number of carbonyl (C=O) groups excluding carboxylic acids is 1. The molecule has 1 unspecified atom stereocenters. The number of carbonyl (C=O) groups is 1. The molecule has 94 valence electrons. The van der Waals surface area contributed by atoms with E-state index in [-0.39, 0.29) is 31.8 Å². The van der Waals surface area contributed by atoms with Crippen molar-refractivity contribution in [1.82, 2.24) is 4.90 Å². The third-order valence-corrected chi connectivity index (χ3v) is 2.80. The second kappa shape index (κ2) is 5.01. The lowest BCUT2D eigenvalue weighted by Crippen LogP contribution is -2.47. The van der Waals surface area contributed by atoms with Crippen LogP contribution in [-0.4, -0.2) is 53.0 Å². The molecule has 1 heterocycles. The third kappa shape index (κ3) is 3.08. The Morgan fingerprint density at radius 3 is 2.25 bits per heavy atom. The number of rotatable bonds is 2. The SMILES string of the molecule is O=C(N1CCC(C(O)CO)CC1)C(F)(F)F. The number of aliphatic hydroxyl groups is 2. The fraction of sp³-hybridized carbons (Fsp3) is 0.889. The number of likely N-dealkylation sites (tertiary alicyclic amines) is 1. The molecule has 16 heavy (non-hydrogen) atoms. The van der Waals surface area contributed by atoms with E-state index >= 15 is 0 Å². The predicted molar refractivity (Wildman–Crippen MR) is 48.5 cm³/mol. The van der Waals surface area contributed by atoms with Gasteiger partial charge < -0.3 is 15.1 Å². The number of amides is 1. The van der Waals surface area contributed by atoms with Gasteiger partial charge in [0, 0.05) is 13.1 Å². The second-order valence-electron chi connectivity index (χ2n) is 3.88. The molecule has 0 radical (unpaired) electrons. The maximum atomic E-state index is 12.1. The lowest BCUT2D eigenvalue weighted by Gasteiger charge is -2.33. The van der Waals surface area contributed by atoms with Gasteiger partial charge in [-0.1, -0.05) is 0 Å². The largest absolute Gasteiger partial charge is 0.471 e. The summed E-state index contributed by atoms with van der Waals surface area (Å²) in [5, 5.41) is 18.0. The van der Waals surface area contributed by atoms with E-state index in [1.807, 2.05) is 0 Å². The minimum atomic E-state index is -4.83. The summed E-state index contributed by atoms with van der Waals surface area (Å²) in [5.74, 6) is -2.06. The van der Waals surface area contributed by atoms with Crippen LogP contribution in [-0.2, 0) is 4.79 Å². The van der Waals surface area contributed by atoms with Crippen molar-refractivity contribution < 1.29 is 28.2 Å². The summed E-state index contributed by atoms with van der Waals surface area (Å²) in [5.41, 5.74) is 0. The Bertz CT molecular complexity index is 249. The van der Waals surface area contributed by atoms with Crippen LogP contribution in [0.15, 0.2) is 0 Å². The summed E-state index contributed by atoms with van der Waals surface area (Å²) in [6.07, 6.45) is -5.18. The van der Waals surface area contributed by atoms with E-state index in [2.05, 4.69) is 0 Å². The quantitative estimate of drug-likeness (QED) is 0.723. The van der Waals surface area contributed by atoms with Crippen molar-refractivity contribution in [2.45, 2.75) is 25.1 Å². The number of hydrogen-bond acceptors (Lipinski definition) is 3. The van der Waals surface area contributed by atoms with E-state index in [4.69, 9.17) is 5.11 Å². The number of hydrogen-bond donors (Lipinski definition) is 2. The molecule has 7 heteroatoms. The zero-order valence-corrected chi connectivity index (χ0v) is 8.57. The van der Waals surface area contributed by atoms with Gasteiger partial charge in [0.2, 0.25) is 0 Å². The van der Waals surface area contributed by atoms with Crippen LogP contribution in [0.3, 0.4) is 0 Å². The van der Waals surface area contributed by atoms with Gasteiger partial charge in [0.05, 0.1) is 12.7 Å². The Hall–Kier alpha value is -0.820. The monoisotopic (exact) mass is 241 g/mol. The van der Waals surface area contributed by atoms with Gasteiger partial charge in [-0.3, -0.25) is 4.79 Å². The van der Waals surface area contributed by atoms with Crippen LogP contribution < -0.4 is 0 Å². The minimum absolute atomic E-state index is 0.0277. The number of nitrogens with zero attached hydrogens (tertiary/aromatic N) is 1. The highest BCUT2D eigenvalue weighted by atomic mass is 19.4. The van der Waals surface area contributed by atoms with Gasteiger partial charge in [-0.15, -0.1) is 0 Å². The molecule has 1 rings (SSSR count). The van der Waals surface area contributed by atoms with Crippen LogP contribution in [0.4, 0.5) is 13.2 Å². The van der Waals surface area contributed by atoms with Crippen molar-refractivity contribution in [2.75, 3.05) is 19.7 Å². The highest BCUT2D eigenvalue weighted by molar-refractivity contribution is 5.81. The average Bonchev–Trinajstić information content (AvgIpc) is 2.26. The molecule has 0 bridgehead atoms. The molecule has 0 aromatic carbocycles. The van der Waals surface area contributed by atoms with Crippen LogP contribution >= 0.6 is 0 Å². The molecule has 1 amide bonds. The first-order chi connectivity index (χ1) is 7.36. The van der Waals surface area contributed by atoms with E-state index in [1.165, 1.54) is 0 Å². The van der Waals surface area contributed by atoms with Gasteiger partial charge in [-0.25, -0.2) is 0 Å². The zero-order chi connectivity index (χ0) is 12.3. The van der Waals surface area contributed by atoms with Crippen molar-refractivity contribution >= 4 is 5.91 Å². The summed E-state index contributed by atoms with van der Waals surface area (Å²) >= 11 is 0. The lowest BCUT2D eigenvalue weighted by atomic mass is 9.91. The molecule has 0 saturated carbocycles. The maximum Gasteiger partial charge on any atom is 0.471 e. The van der Waals surface area contributed by atoms with Crippen molar-refractivity contribution in [2.24, 2.45) is 5.92 Å². The topological polar surface area (TPSA) is 60.8 Å². The van der Waals surface area contributed by atoms with E-state index in [0.717, 1.165) is 4.90 Å². The smallest absolute Gasteiger partial charge is 0.394 e. The minimum Gasteiger partial charge on any atom is -0.394 e. The van der Waals surface area contributed by atoms with Crippen molar-refractivity contribution in [3.63, 3.8) is 0 Å². The summed E-state index contributed by atoms with van der Waals surface area (Å²) in [6.45, 7) is -0.460. The van der Waals surface area contributed by atoms with Crippen LogP contribution in [0.1, 0.15) is 12.8 Å². The lowest BCUT2D eigenvalue weighted by molar-refractivity contribution is -0.187. The number of aliphatic hydroxyl groups excluding tert-OH is 2. The van der Waals surface area contributed by atoms with Gasteiger partial charge in [0.1, 0.15) is 0 Å². The number of alkyl halides is 3. The van der Waals surface area contributed by atoms with Crippen LogP contribution in [0.5, 0.6) is 0 Å². The highest BCUT2D eigenvalue weighted by Gasteiger charge is 2.43. The molecule has 1 atom stereocenters. The normalized spacial score (nSPS) is 20.9. The molecule has 2 N–H and O–H groups in total. The highest BCUT2D eigenvalue weighted by Crippen LogP contribution is 2.25. The van der Waals surface area contributed by atoms with E-state index in [1.54, 1.807) is 0 Å². The predicted octanol–water partition coefficient (Wildman–Crippen LogP) is 0.141. The summed E-state index contributed by atoms with van der Waals surface area (Å²) in [4.78, 5) is 11.6. The summed E-state index contributed by atoms with van der Waals surface area (Å²) in [7, 11) is 0. The van der Waals surface area contributed by atoms with Crippen LogP contribution in [0.25, 0.3) is 0 Å². The molecular weight excluding hydrogens is 227 g/mol. The first kappa shape index (κ1) is 13.2. The van der Waals surface area contributed by atoms with Crippen LogP contribution in [0, 0.1) is 5.92 Å². The molecule has 0 spiro atoms. The van der Waals surface area contributed by atoms with Crippen LogP contribution in [0.2, 0.25) is 0 Å². The van der Waals surface area contributed by atoms with Gasteiger partial charge in [0.25, 0.3) is 0 Å². The molecule has 1 aliphatic rings. The fourth-order valence-corrected chi connectivity index (χ4v) is 1.82. The molecular formula is C9H14F3NO3. The second-order valence-corrected chi connectivity index (χ2v) is 3.88. The Labute approximate surface area is 90.7 Å². The van der Waals surface area contributed by atoms with Crippen molar-refractivity contribution in [3.8, 4) is 0 Å². The maximum absolute atomic E-state index is 12.1. The average molecular weight is 241 g/mol. The van der Waals surface area contributed by atoms with E-state index in [0.29, 0.717) is 0 Å². The Balaban J connectivity index is 2.46. The van der Waals surface area contributed by atoms with Gasteiger partial charge in [-0.2, -0.15) is 13.2 Å². The number of piperidine rings is 1. The van der Waals surface area contributed by atoms with Gasteiger partial charge >= 0.3 is 12.1 Å². The number of halogens is 3. The first-order valence-electron chi connectivity index (χ1n) is 5.01. The first-order valence-corrected chi connectivity index (χ1v) is 5.01. The van der Waals surface area contributed by atoms with E-state index < -0.39 is 24.8 Å². The fourth-order valence-electron chi connectivity index (χ4n) is 1.82. The molecule has 4 nitrogen and oxygen atoms in total. The molecule has 1 saturated heterocycles. The Morgan fingerprint density at radius 2 is 1.88 bits per heavy atom. The molecule has 1 fully saturated rings. The summed E-state index contributed by atoms with van der Waals surface area (Å²) in [6, 6.07) is 0. The Morgan fingerprint density at radius 1 is 1.38 bits per heavy atom.